The molecule has 2 rings (SSSR count). The van der Waals surface area contributed by atoms with Gasteiger partial charge in [-0.1, -0.05) is 33.7 Å². The summed E-state index contributed by atoms with van der Waals surface area (Å²) in [5.41, 5.74) is 3.36. The molecule has 0 atom stereocenters. The van der Waals surface area contributed by atoms with Gasteiger partial charge in [-0.2, -0.15) is 9.98 Å². The van der Waals surface area contributed by atoms with E-state index in [1.807, 2.05) is 38.1 Å². The van der Waals surface area contributed by atoms with Crippen molar-refractivity contribution in [2.45, 2.75) is 23.6 Å². The third-order valence-electron chi connectivity index (χ3n) is 2.91. The number of carbonyl (C=O) groups excluding carboxylic acids is 2. The normalized spacial score (nSPS) is 9.73. The van der Waals surface area contributed by atoms with E-state index in [2.05, 4.69) is 9.98 Å². The van der Waals surface area contributed by atoms with Gasteiger partial charge < -0.3 is 0 Å². The molecular weight excluding hydrogens is 316 g/mol. The maximum Gasteiger partial charge on any atom is 0.240 e. The summed E-state index contributed by atoms with van der Waals surface area (Å²) in [7, 11) is 3.14. The molecule has 4 nitrogen and oxygen atoms in total. The molecule has 0 amide bonds. The van der Waals surface area contributed by atoms with Crippen LogP contribution in [0.2, 0.25) is 0 Å². The van der Waals surface area contributed by atoms with Crippen LogP contribution in [0.25, 0.3) is 0 Å². The van der Waals surface area contributed by atoms with Gasteiger partial charge in [0.2, 0.25) is 12.2 Å². The molecule has 0 bridgehead atoms. The van der Waals surface area contributed by atoms with Gasteiger partial charge in [0, 0.05) is 9.79 Å². The number of benzene rings is 2. The summed E-state index contributed by atoms with van der Waals surface area (Å²) >= 11 is 0. The SMILES string of the molecule is Cc1ccc(N=C=O)cc1SSc1cc(N=C=O)ccc1C. The average Bonchev–Trinajstić information content (AvgIpc) is 2.51. The zero-order valence-corrected chi connectivity index (χ0v) is 13.6. The van der Waals surface area contributed by atoms with E-state index < -0.39 is 0 Å². The predicted octanol–water partition coefficient (Wildman–Crippen LogP) is 5.04. The summed E-state index contributed by atoms with van der Waals surface area (Å²) in [5, 5.41) is 0. The number of aliphatic imine (C=N–C) groups is 2. The van der Waals surface area contributed by atoms with Gasteiger partial charge in [0.25, 0.3) is 0 Å². The number of nitrogens with zero attached hydrogens (tertiary/aromatic N) is 2. The third kappa shape index (κ3) is 4.20. The number of hydrogen-bond donors (Lipinski definition) is 0. The van der Waals surface area contributed by atoms with Crippen LogP contribution in [0.5, 0.6) is 0 Å². The predicted molar refractivity (Wildman–Crippen MR) is 89.6 cm³/mol. The molecule has 0 aliphatic heterocycles. The summed E-state index contributed by atoms with van der Waals surface area (Å²) in [6, 6.07) is 11.1. The van der Waals surface area contributed by atoms with Gasteiger partial charge in [0.05, 0.1) is 11.4 Å². The molecule has 0 saturated heterocycles. The molecule has 0 saturated carbocycles. The zero-order chi connectivity index (χ0) is 15.9. The van der Waals surface area contributed by atoms with Crippen LogP contribution in [0.4, 0.5) is 11.4 Å². The minimum Gasteiger partial charge on any atom is -0.211 e. The molecule has 0 aliphatic rings. The highest BCUT2D eigenvalue weighted by atomic mass is 33.1. The lowest BCUT2D eigenvalue weighted by atomic mass is 10.2. The smallest absolute Gasteiger partial charge is 0.211 e. The second-order valence-electron chi connectivity index (χ2n) is 4.47. The first kappa shape index (κ1) is 16.3. The Kier molecular flexibility index (Phi) is 5.75. The Morgan fingerprint density at radius 3 is 1.55 bits per heavy atom. The fraction of sp³-hybridized carbons (Fsp3) is 0.125. The molecule has 0 spiro atoms. The van der Waals surface area contributed by atoms with Crippen molar-refractivity contribution in [1.82, 2.24) is 0 Å². The largest absolute Gasteiger partial charge is 0.240 e. The first-order valence-electron chi connectivity index (χ1n) is 6.35. The fourth-order valence-corrected chi connectivity index (χ4v) is 4.22. The van der Waals surface area contributed by atoms with Crippen molar-refractivity contribution < 1.29 is 9.59 Å². The second kappa shape index (κ2) is 7.78. The van der Waals surface area contributed by atoms with Gasteiger partial charge in [0.15, 0.2) is 0 Å². The summed E-state index contributed by atoms with van der Waals surface area (Å²) in [4.78, 5) is 30.0. The van der Waals surface area contributed by atoms with Gasteiger partial charge >= 0.3 is 0 Å². The van der Waals surface area contributed by atoms with E-state index in [9.17, 15) is 9.59 Å². The molecule has 22 heavy (non-hydrogen) atoms. The van der Waals surface area contributed by atoms with E-state index in [-0.39, 0.29) is 0 Å². The van der Waals surface area contributed by atoms with Crippen molar-refractivity contribution in [2.75, 3.05) is 0 Å². The lowest BCUT2D eigenvalue weighted by Crippen LogP contribution is -1.80. The molecule has 0 aliphatic carbocycles. The Hall–Kier alpha value is -2.10. The molecule has 0 radical (unpaired) electrons. The molecule has 2 aromatic rings. The standard InChI is InChI=1S/C16H12N2O2S2/c1-11-3-5-13(17-9-19)7-15(11)21-22-16-8-14(18-10-20)6-4-12(16)2/h3-8H,1-2H3. The molecule has 6 heteroatoms. The van der Waals surface area contributed by atoms with Gasteiger partial charge in [-0.3, -0.25) is 0 Å². The summed E-state index contributed by atoms with van der Waals surface area (Å²) in [6.45, 7) is 3.99. The topological polar surface area (TPSA) is 58.9 Å². The van der Waals surface area contributed by atoms with Gasteiger partial charge in [-0.25, -0.2) is 9.59 Å². The highest BCUT2D eigenvalue weighted by Crippen LogP contribution is 2.42. The lowest BCUT2D eigenvalue weighted by Gasteiger charge is -2.08. The monoisotopic (exact) mass is 328 g/mol. The molecule has 0 unspecified atom stereocenters. The zero-order valence-electron chi connectivity index (χ0n) is 12.0. The van der Waals surface area contributed by atoms with Crippen molar-refractivity contribution in [3.8, 4) is 0 Å². The quantitative estimate of drug-likeness (QED) is 0.438. The second-order valence-corrected chi connectivity index (χ2v) is 6.69. The Labute approximate surface area is 136 Å². The Morgan fingerprint density at radius 1 is 0.773 bits per heavy atom. The van der Waals surface area contributed by atoms with E-state index >= 15 is 0 Å². The van der Waals surface area contributed by atoms with Crippen LogP contribution in [0, 0.1) is 13.8 Å². The maximum absolute atomic E-state index is 10.3. The number of rotatable bonds is 5. The van der Waals surface area contributed by atoms with Gasteiger partial charge in [-0.15, -0.1) is 0 Å². The Balaban J connectivity index is 2.22. The van der Waals surface area contributed by atoms with Gasteiger partial charge in [-0.05, 0) is 49.2 Å². The lowest BCUT2D eigenvalue weighted by molar-refractivity contribution is 0.564. The molecule has 2 aromatic carbocycles. The van der Waals surface area contributed by atoms with Crippen molar-refractivity contribution in [3.63, 3.8) is 0 Å². The van der Waals surface area contributed by atoms with Crippen LogP contribution in [0.3, 0.4) is 0 Å². The van der Waals surface area contributed by atoms with Crippen molar-refractivity contribution in [3.05, 3.63) is 47.5 Å². The van der Waals surface area contributed by atoms with Crippen LogP contribution in [-0.2, 0) is 9.59 Å². The first-order chi connectivity index (χ1) is 10.6. The molecule has 0 N–H and O–H groups in total. The highest BCUT2D eigenvalue weighted by molar-refractivity contribution is 8.76. The van der Waals surface area contributed by atoms with Crippen LogP contribution in [-0.4, -0.2) is 12.2 Å². The number of isocyanates is 2. The van der Waals surface area contributed by atoms with E-state index in [1.165, 1.54) is 0 Å². The van der Waals surface area contributed by atoms with E-state index in [0.29, 0.717) is 11.4 Å². The van der Waals surface area contributed by atoms with Crippen molar-refractivity contribution in [2.24, 2.45) is 9.98 Å². The van der Waals surface area contributed by atoms with Crippen LogP contribution < -0.4 is 0 Å². The Bertz CT molecular complexity index is 725. The summed E-state index contributed by atoms with van der Waals surface area (Å²) < 4.78 is 0. The van der Waals surface area contributed by atoms with Crippen LogP contribution in [0.1, 0.15) is 11.1 Å². The van der Waals surface area contributed by atoms with Crippen LogP contribution >= 0.6 is 21.6 Å². The third-order valence-corrected chi connectivity index (χ3v) is 5.56. The highest BCUT2D eigenvalue weighted by Gasteiger charge is 2.06. The van der Waals surface area contributed by atoms with E-state index in [0.717, 1.165) is 20.9 Å². The summed E-state index contributed by atoms with van der Waals surface area (Å²) in [5.74, 6) is 0. The Morgan fingerprint density at radius 2 is 1.18 bits per heavy atom. The minimum absolute atomic E-state index is 0.583. The molecule has 0 heterocycles. The number of aryl methyl sites for hydroxylation is 2. The molecule has 0 fully saturated rings. The molecule has 110 valence electrons. The first-order valence-corrected chi connectivity index (χ1v) is 8.50. The van der Waals surface area contributed by atoms with E-state index in [4.69, 9.17) is 0 Å². The summed E-state index contributed by atoms with van der Waals surface area (Å²) in [6.07, 6.45) is 3.09. The van der Waals surface area contributed by atoms with Crippen molar-refractivity contribution in [1.29, 1.82) is 0 Å². The molecular formula is C16H12N2O2S2. The fourth-order valence-electron chi connectivity index (χ4n) is 1.69. The van der Waals surface area contributed by atoms with Crippen LogP contribution in [0.15, 0.2) is 56.2 Å². The van der Waals surface area contributed by atoms with Crippen molar-refractivity contribution >= 4 is 45.1 Å². The number of hydrogen-bond acceptors (Lipinski definition) is 6. The maximum atomic E-state index is 10.3. The van der Waals surface area contributed by atoms with E-state index in [1.54, 1.807) is 45.9 Å². The average molecular weight is 328 g/mol. The molecule has 0 aromatic heterocycles. The minimum atomic E-state index is 0.583. The van der Waals surface area contributed by atoms with Gasteiger partial charge in [0.1, 0.15) is 0 Å².